The van der Waals surface area contributed by atoms with Gasteiger partial charge in [0, 0.05) is 37.0 Å². The first kappa shape index (κ1) is 19.4. The van der Waals surface area contributed by atoms with Crippen molar-refractivity contribution >= 4 is 29.2 Å². The highest BCUT2D eigenvalue weighted by Gasteiger charge is 2.37. The minimum absolute atomic E-state index is 0.0496. The molecule has 0 unspecified atom stereocenters. The monoisotopic (exact) mass is 422 g/mol. The second kappa shape index (κ2) is 7.94. The van der Waals surface area contributed by atoms with Crippen molar-refractivity contribution in [3.63, 3.8) is 0 Å². The van der Waals surface area contributed by atoms with Gasteiger partial charge in [-0.1, -0.05) is 18.2 Å². The summed E-state index contributed by atoms with van der Waals surface area (Å²) in [6.07, 6.45) is 0.839. The van der Waals surface area contributed by atoms with E-state index in [4.69, 9.17) is 14.2 Å². The zero-order valence-electron chi connectivity index (χ0n) is 16.9. The number of carbonyl (C=O) groups excluding carboxylic acids is 3. The molecule has 3 aliphatic rings. The van der Waals surface area contributed by atoms with Crippen molar-refractivity contribution < 1.29 is 28.6 Å². The molecule has 2 aromatic carbocycles. The van der Waals surface area contributed by atoms with E-state index in [2.05, 4.69) is 0 Å². The molecule has 0 aliphatic carbocycles. The summed E-state index contributed by atoms with van der Waals surface area (Å²) in [4.78, 5) is 40.8. The van der Waals surface area contributed by atoms with Crippen LogP contribution in [-0.4, -0.2) is 50.7 Å². The van der Waals surface area contributed by atoms with Gasteiger partial charge >= 0.3 is 5.97 Å². The van der Waals surface area contributed by atoms with Gasteiger partial charge in [0.25, 0.3) is 5.91 Å². The Bertz CT molecular complexity index is 1050. The van der Waals surface area contributed by atoms with Gasteiger partial charge in [0.05, 0.1) is 5.92 Å². The van der Waals surface area contributed by atoms with Crippen LogP contribution in [0.4, 0.5) is 11.4 Å². The quantitative estimate of drug-likeness (QED) is 0.700. The van der Waals surface area contributed by atoms with Gasteiger partial charge in [-0.3, -0.25) is 14.4 Å². The lowest BCUT2D eigenvalue weighted by Gasteiger charge is -2.22. The summed E-state index contributed by atoms with van der Waals surface area (Å²) in [5.74, 6) is -0.350. The van der Waals surface area contributed by atoms with E-state index in [1.54, 1.807) is 28.0 Å². The van der Waals surface area contributed by atoms with E-state index in [0.717, 1.165) is 17.7 Å². The van der Waals surface area contributed by atoms with Crippen LogP contribution < -0.4 is 19.3 Å². The Hall–Kier alpha value is -3.55. The lowest BCUT2D eigenvalue weighted by Crippen LogP contribution is -2.34. The molecule has 0 aromatic heterocycles. The summed E-state index contributed by atoms with van der Waals surface area (Å²) >= 11 is 0. The fourth-order valence-electron chi connectivity index (χ4n) is 4.24. The van der Waals surface area contributed by atoms with E-state index in [-0.39, 0.29) is 31.4 Å². The maximum absolute atomic E-state index is 12.6. The van der Waals surface area contributed by atoms with E-state index < -0.39 is 11.9 Å². The zero-order valence-corrected chi connectivity index (χ0v) is 16.9. The third kappa shape index (κ3) is 3.69. The Morgan fingerprint density at radius 1 is 1.06 bits per heavy atom. The second-order valence-corrected chi connectivity index (χ2v) is 7.77. The van der Waals surface area contributed by atoms with Gasteiger partial charge in [-0.05, 0) is 30.2 Å². The van der Waals surface area contributed by atoms with Gasteiger partial charge in [-0.25, -0.2) is 0 Å². The molecule has 0 radical (unpaired) electrons. The number of ether oxygens (including phenoxy) is 3. The van der Waals surface area contributed by atoms with Crippen LogP contribution in [0.3, 0.4) is 0 Å². The van der Waals surface area contributed by atoms with Crippen molar-refractivity contribution in [3.8, 4) is 11.5 Å². The molecule has 1 fully saturated rings. The minimum Gasteiger partial charge on any atom is -0.486 e. The number of fused-ring (bicyclic) bond motifs is 2. The van der Waals surface area contributed by atoms with Gasteiger partial charge in [0.1, 0.15) is 13.2 Å². The largest absolute Gasteiger partial charge is 0.486 e. The number of carbonyl (C=O) groups is 3. The molecule has 160 valence electrons. The van der Waals surface area contributed by atoms with Crippen LogP contribution in [0.2, 0.25) is 0 Å². The Morgan fingerprint density at radius 2 is 1.87 bits per heavy atom. The number of anilines is 2. The predicted octanol–water partition coefficient (Wildman–Crippen LogP) is 1.94. The standard InChI is InChI=1S/C23H22N2O6/c26-21-11-16(13-25(21)17-5-6-19-20(12-17)30-10-9-29-19)23(28)31-14-22(27)24-8-7-15-3-1-2-4-18(15)24/h1-6,12,16H,7-11,13-14H2/t16-/m0/s1. The van der Waals surface area contributed by atoms with Crippen molar-refractivity contribution in [1.29, 1.82) is 0 Å². The highest BCUT2D eigenvalue weighted by Crippen LogP contribution is 2.36. The Morgan fingerprint density at radius 3 is 2.74 bits per heavy atom. The molecule has 1 saturated heterocycles. The first-order valence-corrected chi connectivity index (χ1v) is 10.3. The average molecular weight is 422 g/mol. The molecule has 3 heterocycles. The van der Waals surface area contributed by atoms with E-state index >= 15 is 0 Å². The fourth-order valence-corrected chi connectivity index (χ4v) is 4.24. The molecule has 0 bridgehead atoms. The lowest BCUT2D eigenvalue weighted by molar-refractivity contribution is -0.151. The normalized spacial score (nSPS) is 19.4. The Kier molecular flexibility index (Phi) is 4.97. The molecule has 3 aliphatic heterocycles. The van der Waals surface area contributed by atoms with Gasteiger partial charge in [0.15, 0.2) is 18.1 Å². The second-order valence-electron chi connectivity index (χ2n) is 7.77. The Labute approximate surface area is 179 Å². The molecule has 0 N–H and O–H groups in total. The van der Waals surface area contributed by atoms with Crippen LogP contribution in [0.5, 0.6) is 11.5 Å². The summed E-state index contributed by atoms with van der Waals surface area (Å²) in [6, 6.07) is 13.0. The summed E-state index contributed by atoms with van der Waals surface area (Å²) < 4.78 is 16.4. The maximum Gasteiger partial charge on any atom is 0.311 e. The summed E-state index contributed by atoms with van der Waals surface area (Å²) in [5, 5.41) is 0. The maximum atomic E-state index is 12.6. The molecule has 0 spiro atoms. The number of para-hydroxylation sites is 1. The van der Waals surface area contributed by atoms with E-state index in [1.807, 2.05) is 24.3 Å². The molecular formula is C23H22N2O6. The van der Waals surface area contributed by atoms with Crippen LogP contribution in [0.15, 0.2) is 42.5 Å². The number of esters is 1. The first-order valence-electron chi connectivity index (χ1n) is 10.3. The number of hydrogen-bond donors (Lipinski definition) is 0. The molecule has 0 saturated carbocycles. The highest BCUT2D eigenvalue weighted by molar-refractivity contribution is 6.01. The molecule has 31 heavy (non-hydrogen) atoms. The van der Waals surface area contributed by atoms with Gasteiger partial charge in [-0.2, -0.15) is 0 Å². The van der Waals surface area contributed by atoms with Crippen LogP contribution in [0, 0.1) is 5.92 Å². The molecular weight excluding hydrogens is 400 g/mol. The van der Waals surface area contributed by atoms with Crippen molar-refractivity contribution in [3.05, 3.63) is 48.0 Å². The number of benzene rings is 2. The fraction of sp³-hybridized carbons (Fsp3) is 0.348. The van der Waals surface area contributed by atoms with E-state index in [9.17, 15) is 14.4 Å². The van der Waals surface area contributed by atoms with Crippen molar-refractivity contribution in [2.24, 2.45) is 5.92 Å². The topological polar surface area (TPSA) is 85.4 Å². The molecule has 2 amide bonds. The van der Waals surface area contributed by atoms with E-state index in [0.29, 0.717) is 36.9 Å². The Balaban J connectivity index is 1.19. The smallest absolute Gasteiger partial charge is 0.311 e. The average Bonchev–Trinajstić information content (AvgIpc) is 3.41. The zero-order chi connectivity index (χ0) is 21.4. The van der Waals surface area contributed by atoms with E-state index in [1.165, 1.54) is 0 Å². The van der Waals surface area contributed by atoms with Crippen molar-refractivity contribution in [2.45, 2.75) is 12.8 Å². The van der Waals surface area contributed by atoms with Gasteiger partial charge in [-0.15, -0.1) is 0 Å². The van der Waals surface area contributed by atoms with Crippen LogP contribution >= 0.6 is 0 Å². The first-order chi connectivity index (χ1) is 15.1. The van der Waals surface area contributed by atoms with Crippen molar-refractivity contribution in [1.82, 2.24) is 0 Å². The number of hydrogen-bond acceptors (Lipinski definition) is 6. The third-order valence-electron chi connectivity index (χ3n) is 5.82. The summed E-state index contributed by atoms with van der Waals surface area (Å²) in [6.45, 7) is 1.40. The minimum atomic E-state index is -0.612. The molecule has 8 heteroatoms. The number of amides is 2. The van der Waals surface area contributed by atoms with Gasteiger partial charge in [0.2, 0.25) is 5.91 Å². The molecule has 5 rings (SSSR count). The summed E-state index contributed by atoms with van der Waals surface area (Å²) in [5.41, 5.74) is 2.62. The predicted molar refractivity (Wildman–Crippen MR) is 111 cm³/mol. The summed E-state index contributed by atoms with van der Waals surface area (Å²) in [7, 11) is 0. The number of rotatable bonds is 4. The third-order valence-corrected chi connectivity index (χ3v) is 5.82. The van der Waals surface area contributed by atoms with Crippen LogP contribution in [0.25, 0.3) is 0 Å². The van der Waals surface area contributed by atoms with Crippen LogP contribution in [-0.2, 0) is 25.5 Å². The molecule has 1 atom stereocenters. The lowest BCUT2D eigenvalue weighted by atomic mass is 10.1. The van der Waals surface area contributed by atoms with Crippen molar-refractivity contribution in [2.75, 3.05) is 42.7 Å². The molecule has 2 aromatic rings. The van der Waals surface area contributed by atoms with Crippen LogP contribution in [0.1, 0.15) is 12.0 Å². The number of nitrogens with zero attached hydrogens (tertiary/aromatic N) is 2. The highest BCUT2D eigenvalue weighted by atomic mass is 16.6. The van der Waals surface area contributed by atoms with Gasteiger partial charge < -0.3 is 24.0 Å². The SMILES string of the molecule is O=C(OCC(=O)N1CCc2ccccc21)[C@H]1CC(=O)N(c2ccc3c(c2)OCCO3)C1. The molecule has 8 nitrogen and oxygen atoms in total.